The number of rotatable bonds is 0. The summed E-state index contributed by atoms with van der Waals surface area (Å²) in [6, 6.07) is 0. The molecule has 4 aliphatic carbocycles. The van der Waals surface area contributed by atoms with E-state index in [1.54, 1.807) is 5.57 Å². The highest BCUT2D eigenvalue weighted by atomic mass is 15.0. The molecule has 0 aromatic rings. The first-order valence-corrected chi connectivity index (χ1v) is 7.11. The standard InChI is InChI=1S/C16H24/c1-11-6-5-8-14(4)15(11)9-7-12-13(2,3)10-16(12,14)15/h12H,1,5-10H2,2-4H3. The molecule has 4 atom stereocenters. The molecule has 4 fully saturated rings. The molecule has 4 saturated carbocycles. The molecule has 0 nitrogen and oxygen atoms in total. The van der Waals surface area contributed by atoms with Gasteiger partial charge in [-0.2, -0.15) is 0 Å². The molecule has 16 heavy (non-hydrogen) atoms. The van der Waals surface area contributed by atoms with Crippen LogP contribution in [0, 0.1) is 27.6 Å². The van der Waals surface area contributed by atoms with E-state index >= 15 is 0 Å². The fraction of sp³-hybridized carbons (Fsp3) is 0.875. The Kier molecular flexibility index (Phi) is 1.33. The Balaban J connectivity index is 1.86. The molecule has 4 unspecified atom stereocenters. The third-order valence-electron chi connectivity index (χ3n) is 7.47. The van der Waals surface area contributed by atoms with Crippen LogP contribution in [0.2, 0.25) is 0 Å². The molecule has 4 aliphatic rings. The Labute approximate surface area is 99.5 Å². The van der Waals surface area contributed by atoms with Gasteiger partial charge in [-0.05, 0) is 60.7 Å². The summed E-state index contributed by atoms with van der Waals surface area (Å²) in [6.07, 6.45) is 8.66. The average Bonchev–Trinajstić information content (AvgIpc) is 2.53. The zero-order valence-corrected chi connectivity index (χ0v) is 11.0. The van der Waals surface area contributed by atoms with Crippen LogP contribution in [-0.2, 0) is 0 Å². The molecule has 2 spiro atoms. The highest BCUT2D eigenvalue weighted by molar-refractivity contribution is 5.49. The van der Waals surface area contributed by atoms with Crippen LogP contribution in [0.4, 0.5) is 0 Å². The topological polar surface area (TPSA) is 0 Å². The maximum Gasteiger partial charge on any atom is 0.00337 e. The van der Waals surface area contributed by atoms with Crippen molar-refractivity contribution in [3.8, 4) is 0 Å². The molecule has 0 aromatic carbocycles. The van der Waals surface area contributed by atoms with Crippen molar-refractivity contribution in [1.29, 1.82) is 0 Å². The zero-order valence-electron chi connectivity index (χ0n) is 11.0. The van der Waals surface area contributed by atoms with Gasteiger partial charge in [0.05, 0.1) is 0 Å². The minimum absolute atomic E-state index is 0.610. The Morgan fingerprint density at radius 3 is 2.56 bits per heavy atom. The van der Waals surface area contributed by atoms with Crippen LogP contribution in [0.25, 0.3) is 0 Å². The second-order valence-electron chi connectivity index (χ2n) is 7.92. The quantitative estimate of drug-likeness (QED) is 0.521. The lowest BCUT2D eigenvalue weighted by Crippen LogP contribution is -2.47. The van der Waals surface area contributed by atoms with Gasteiger partial charge < -0.3 is 0 Å². The first kappa shape index (κ1) is 9.74. The fourth-order valence-electron chi connectivity index (χ4n) is 7.20. The molecule has 0 aromatic heterocycles. The number of hydrogen-bond acceptors (Lipinski definition) is 0. The summed E-state index contributed by atoms with van der Waals surface area (Å²) < 4.78 is 0. The van der Waals surface area contributed by atoms with E-state index in [-0.39, 0.29) is 0 Å². The van der Waals surface area contributed by atoms with Gasteiger partial charge in [0.2, 0.25) is 0 Å². The number of allylic oxidation sites excluding steroid dienone is 1. The van der Waals surface area contributed by atoms with Gasteiger partial charge in [0.15, 0.2) is 0 Å². The van der Waals surface area contributed by atoms with E-state index in [4.69, 9.17) is 0 Å². The van der Waals surface area contributed by atoms with E-state index in [9.17, 15) is 0 Å². The Hall–Kier alpha value is -0.260. The van der Waals surface area contributed by atoms with E-state index in [1.807, 2.05) is 0 Å². The smallest absolute Gasteiger partial charge is 0.00337 e. The zero-order chi connectivity index (χ0) is 11.4. The second kappa shape index (κ2) is 2.18. The van der Waals surface area contributed by atoms with Crippen molar-refractivity contribution in [3.63, 3.8) is 0 Å². The minimum atomic E-state index is 0.610. The predicted molar refractivity (Wildman–Crippen MR) is 67.1 cm³/mol. The van der Waals surface area contributed by atoms with Crippen molar-refractivity contribution in [3.05, 3.63) is 12.2 Å². The van der Waals surface area contributed by atoms with Crippen LogP contribution in [0.3, 0.4) is 0 Å². The predicted octanol–water partition coefficient (Wildman–Crippen LogP) is 4.56. The van der Waals surface area contributed by atoms with E-state index in [0.717, 1.165) is 11.3 Å². The average molecular weight is 216 g/mol. The fourth-order valence-corrected chi connectivity index (χ4v) is 7.20. The minimum Gasteiger partial charge on any atom is -0.0993 e. The van der Waals surface area contributed by atoms with Crippen molar-refractivity contribution in [2.24, 2.45) is 27.6 Å². The van der Waals surface area contributed by atoms with Gasteiger partial charge in [-0.15, -0.1) is 0 Å². The summed E-state index contributed by atoms with van der Waals surface area (Å²) in [5, 5.41) is 0. The molecule has 0 saturated heterocycles. The SMILES string of the molecule is C=C1CCCC2(C)C13CCC1C(C)(C)CC123. The summed E-state index contributed by atoms with van der Waals surface area (Å²) in [6.45, 7) is 12.1. The molecule has 88 valence electrons. The highest BCUT2D eigenvalue weighted by Gasteiger charge is 2.93. The maximum atomic E-state index is 4.48. The van der Waals surface area contributed by atoms with Gasteiger partial charge >= 0.3 is 0 Å². The van der Waals surface area contributed by atoms with Gasteiger partial charge in [0.25, 0.3) is 0 Å². The lowest BCUT2D eigenvalue weighted by atomic mass is 9.50. The highest BCUT2D eigenvalue weighted by Crippen LogP contribution is 2.99. The molecule has 0 heteroatoms. The van der Waals surface area contributed by atoms with Crippen LogP contribution >= 0.6 is 0 Å². The molecule has 0 amide bonds. The Bertz CT molecular complexity index is 404. The summed E-state index contributed by atoms with van der Waals surface area (Å²) in [5.41, 5.74) is 4.26. The van der Waals surface area contributed by atoms with Crippen molar-refractivity contribution >= 4 is 0 Å². The molecule has 0 radical (unpaired) electrons. The monoisotopic (exact) mass is 216 g/mol. The third-order valence-corrected chi connectivity index (χ3v) is 7.47. The van der Waals surface area contributed by atoms with E-state index in [1.165, 1.54) is 38.5 Å². The summed E-state index contributed by atoms with van der Waals surface area (Å²) in [4.78, 5) is 0. The van der Waals surface area contributed by atoms with E-state index in [0.29, 0.717) is 16.2 Å². The number of hydrogen-bond donors (Lipinski definition) is 0. The Morgan fingerprint density at radius 2 is 1.94 bits per heavy atom. The maximum absolute atomic E-state index is 4.48. The van der Waals surface area contributed by atoms with Gasteiger partial charge in [-0.3, -0.25) is 0 Å². The summed E-state index contributed by atoms with van der Waals surface area (Å²) in [5.74, 6) is 1.01. The van der Waals surface area contributed by atoms with E-state index < -0.39 is 0 Å². The van der Waals surface area contributed by atoms with Crippen molar-refractivity contribution in [1.82, 2.24) is 0 Å². The first-order chi connectivity index (χ1) is 7.42. The molecule has 0 aliphatic heterocycles. The van der Waals surface area contributed by atoms with Crippen molar-refractivity contribution in [2.75, 3.05) is 0 Å². The van der Waals surface area contributed by atoms with Crippen LogP contribution in [0.5, 0.6) is 0 Å². The molecule has 0 heterocycles. The van der Waals surface area contributed by atoms with Crippen LogP contribution in [0.15, 0.2) is 12.2 Å². The van der Waals surface area contributed by atoms with Gasteiger partial charge in [0, 0.05) is 5.41 Å². The van der Waals surface area contributed by atoms with Crippen molar-refractivity contribution < 1.29 is 0 Å². The molecule has 0 N–H and O–H groups in total. The molecular formula is C16H24. The molecule has 0 bridgehead atoms. The largest absolute Gasteiger partial charge is 0.0993 e. The first-order valence-electron chi connectivity index (χ1n) is 7.11. The van der Waals surface area contributed by atoms with Crippen LogP contribution in [-0.4, -0.2) is 0 Å². The van der Waals surface area contributed by atoms with Crippen molar-refractivity contribution in [2.45, 2.75) is 59.3 Å². The third kappa shape index (κ3) is 0.585. The van der Waals surface area contributed by atoms with Gasteiger partial charge in [-0.1, -0.05) is 32.9 Å². The van der Waals surface area contributed by atoms with Gasteiger partial charge in [-0.25, -0.2) is 0 Å². The normalized spacial score (nSPS) is 60.7. The lowest BCUT2D eigenvalue weighted by molar-refractivity contribution is -0.0530. The molecule has 4 rings (SSSR count). The second-order valence-corrected chi connectivity index (χ2v) is 7.92. The van der Waals surface area contributed by atoms with Gasteiger partial charge in [0.1, 0.15) is 0 Å². The lowest BCUT2D eigenvalue weighted by Gasteiger charge is -2.54. The summed E-state index contributed by atoms with van der Waals surface area (Å²) >= 11 is 0. The molecular weight excluding hydrogens is 192 g/mol. The van der Waals surface area contributed by atoms with Crippen LogP contribution in [0.1, 0.15) is 59.3 Å². The Morgan fingerprint density at radius 1 is 1.19 bits per heavy atom. The van der Waals surface area contributed by atoms with Crippen LogP contribution < -0.4 is 0 Å². The van der Waals surface area contributed by atoms with E-state index in [2.05, 4.69) is 27.4 Å². The summed E-state index contributed by atoms with van der Waals surface area (Å²) in [7, 11) is 0.